The molecule has 20 heavy (non-hydrogen) atoms. The summed E-state index contributed by atoms with van der Waals surface area (Å²) < 4.78 is 0. The van der Waals surface area contributed by atoms with Gasteiger partial charge < -0.3 is 16.0 Å². The average Bonchev–Trinajstić information content (AvgIpc) is 2.38. The summed E-state index contributed by atoms with van der Waals surface area (Å²) in [5.41, 5.74) is 7.73. The molecule has 0 spiro atoms. The quantitative estimate of drug-likeness (QED) is 0.817. The van der Waals surface area contributed by atoms with Crippen molar-refractivity contribution < 1.29 is 4.79 Å². The van der Waals surface area contributed by atoms with E-state index < -0.39 is 0 Å². The Morgan fingerprint density at radius 3 is 2.70 bits per heavy atom. The topological polar surface area (TPSA) is 71.2 Å². The number of piperidine rings is 1. The van der Waals surface area contributed by atoms with E-state index in [2.05, 4.69) is 15.2 Å². The fraction of sp³-hybridized carbons (Fsp3) is 0.500. The third kappa shape index (κ3) is 3.25. The molecule has 2 rings (SSSR count). The lowest BCUT2D eigenvalue weighted by atomic mass is 10.0. The number of carbonyl (C=O) groups excluding carboxylic acids is 1. The van der Waals surface area contributed by atoms with Crippen molar-refractivity contribution in [2.75, 3.05) is 18.0 Å². The van der Waals surface area contributed by atoms with Gasteiger partial charge in [0, 0.05) is 32.3 Å². The summed E-state index contributed by atoms with van der Waals surface area (Å²) in [6.07, 6.45) is 3.60. The second-order valence-corrected chi connectivity index (χ2v) is 5.59. The smallest absolute Gasteiger partial charge is 0.217 e. The van der Waals surface area contributed by atoms with Crippen LogP contribution in [0.4, 0.5) is 5.82 Å². The number of aromatic nitrogens is 1. The zero-order chi connectivity index (χ0) is 14.7. The van der Waals surface area contributed by atoms with E-state index in [-0.39, 0.29) is 11.9 Å². The van der Waals surface area contributed by atoms with Crippen molar-refractivity contribution >= 4 is 28.9 Å². The van der Waals surface area contributed by atoms with Crippen LogP contribution in [0.3, 0.4) is 0 Å². The molecule has 0 aliphatic carbocycles. The lowest BCUT2D eigenvalue weighted by Gasteiger charge is -2.34. The van der Waals surface area contributed by atoms with Gasteiger partial charge in [0.05, 0.1) is 5.56 Å². The fourth-order valence-electron chi connectivity index (χ4n) is 2.61. The van der Waals surface area contributed by atoms with Gasteiger partial charge in [0.25, 0.3) is 0 Å². The van der Waals surface area contributed by atoms with Crippen LogP contribution in [0.5, 0.6) is 0 Å². The summed E-state index contributed by atoms with van der Waals surface area (Å²) in [5, 5.41) is 2.97. The van der Waals surface area contributed by atoms with E-state index in [1.807, 2.05) is 13.0 Å². The average molecular weight is 292 g/mol. The van der Waals surface area contributed by atoms with Gasteiger partial charge in [0.1, 0.15) is 10.8 Å². The molecule has 5 nitrogen and oxygen atoms in total. The number of nitrogens with one attached hydrogen (secondary N) is 1. The minimum absolute atomic E-state index is 0.0287. The number of nitrogens with zero attached hydrogens (tertiary/aromatic N) is 2. The number of pyridine rings is 1. The van der Waals surface area contributed by atoms with Gasteiger partial charge in [0.15, 0.2) is 0 Å². The summed E-state index contributed by atoms with van der Waals surface area (Å²) in [6, 6.07) is 2.17. The van der Waals surface area contributed by atoms with Crippen LogP contribution in [0, 0.1) is 6.92 Å². The maximum absolute atomic E-state index is 11.1. The standard InChI is InChI=1S/C14H20N4OS/c1-9-3-6-16-14(12(9)13(15)20)18-7-4-11(5-8-18)17-10(2)19/h3,6,11H,4-5,7-8H2,1-2H3,(H2,15,20)(H,17,19). The molecule has 1 aliphatic rings. The van der Waals surface area contributed by atoms with E-state index in [4.69, 9.17) is 18.0 Å². The van der Waals surface area contributed by atoms with Crippen LogP contribution in [0.1, 0.15) is 30.9 Å². The van der Waals surface area contributed by atoms with Gasteiger partial charge >= 0.3 is 0 Å². The van der Waals surface area contributed by atoms with Crippen molar-refractivity contribution in [3.05, 3.63) is 23.4 Å². The Balaban J connectivity index is 2.13. The van der Waals surface area contributed by atoms with Crippen LogP contribution in [0.25, 0.3) is 0 Å². The first-order valence-electron chi connectivity index (χ1n) is 6.76. The minimum atomic E-state index is 0.0287. The molecule has 0 unspecified atom stereocenters. The van der Waals surface area contributed by atoms with E-state index in [9.17, 15) is 4.79 Å². The molecule has 0 radical (unpaired) electrons. The highest BCUT2D eigenvalue weighted by molar-refractivity contribution is 7.80. The highest BCUT2D eigenvalue weighted by Crippen LogP contribution is 2.24. The van der Waals surface area contributed by atoms with Crippen LogP contribution < -0.4 is 16.0 Å². The van der Waals surface area contributed by atoms with Crippen LogP contribution in [0.15, 0.2) is 12.3 Å². The summed E-state index contributed by atoms with van der Waals surface area (Å²) in [4.78, 5) is 18.1. The molecule has 0 saturated carbocycles. The van der Waals surface area contributed by atoms with E-state index >= 15 is 0 Å². The largest absolute Gasteiger partial charge is 0.389 e. The van der Waals surface area contributed by atoms with Crippen molar-refractivity contribution in [3.63, 3.8) is 0 Å². The Kier molecular flexibility index (Phi) is 4.54. The summed E-state index contributed by atoms with van der Waals surface area (Å²) in [7, 11) is 0. The molecule has 1 aromatic heterocycles. The van der Waals surface area contributed by atoms with E-state index in [1.165, 1.54) is 0 Å². The second-order valence-electron chi connectivity index (χ2n) is 5.15. The molecule has 6 heteroatoms. The van der Waals surface area contributed by atoms with Crippen molar-refractivity contribution in [2.24, 2.45) is 5.73 Å². The predicted molar refractivity (Wildman–Crippen MR) is 83.9 cm³/mol. The summed E-state index contributed by atoms with van der Waals surface area (Å²) in [5.74, 6) is 0.889. The molecule has 3 N–H and O–H groups in total. The number of carbonyl (C=O) groups is 1. The van der Waals surface area contributed by atoms with E-state index in [0.29, 0.717) is 4.99 Å². The number of aryl methyl sites for hydroxylation is 1. The number of hydrogen-bond donors (Lipinski definition) is 2. The van der Waals surface area contributed by atoms with Crippen LogP contribution in [-0.4, -0.2) is 35.0 Å². The van der Waals surface area contributed by atoms with Gasteiger partial charge in [-0.05, 0) is 31.4 Å². The first-order valence-corrected chi connectivity index (χ1v) is 7.17. The molecule has 1 aliphatic heterocycles. The summed E-state index contributed by atoms with van der Waals surface area (Å²) in [6.45, 7) is 5.23. The number of hydrogen-bond acceptors (Lipinski definition) is 4. The highest BCUT2D eigenvalue weighted by atomic mass is 32.1. The van der Waals surface area contributed by atoms with Crippen molar-refractivity contribution in [2.45, 2.75) is 32.7 Å². The second kappa shape index (κ2) is 6.17. The number of rotatable bonds is 3. The van der Waals surface area contributed by atoms with Crippen molar-refractivity contribution in [1.82, 2.24) is 10.3 Å². The highest BCUT2D eigenvalue weighted by Gasteiger charge is 2.23. The molecule has 108 valence electrons. The molecule has 1 aromatic rings. The van der Waals surface area contributed by atoms with Gasteiger partial charge in [-0.25, -0.2) is 4.98 Å². The van der Waals surface area contributed by atoms with E-state index in [0.717, 1.165) is 42.9 Å². The first kappa shape index (κ1) is 14.7. The molecular formula is C14H20N4OS. The van der Waals surface area contributed by atoms with Crippen LogP contribution >= 0.6 is 12.2 Å². The normalized spacial score (nSPS) is 16.0. The lowest BCUT2D eigenvalue weighted by molar-refractivity contribution is -0.119. The van der Waals surface area contributed by atoms with Crippen LogP contribution in [-0.2, 0) is 4.79 Å². The summed E-state index contributed by atoms with van der Waals surface area (Å²) >= 11 is 5.14. The fourth-order valence-corrected chi connectivity index (χ4v) is 2.86. The molecule has 1 saturated heterocycles. The van der Waals surface area contributed by atoms with Gasteiger partial charge in [-0.2, -0.15) is 0 Å². The lowest BCUT2D eigenvalue weighted by Crippen LogP contribution is -2.44. The van der Waals surface area contributed by atoms with Crippen LogP contribution in [0.2, 0.25) is 0 Å². The predicted octanol–water partition coefficient (Wildman–Crippen LogP) is 1.13. The van der Waals surface area contributed by atoms with Crippen molar-refractivity contribution in [1.29, 1.82) is 0 Å². The zero-order valence-corrected chi connectivity index (χ0v) is 12.7. The third-order valence-corrected chi connectivity index (χ3v) is 3.79. The Labute approximate surface area is 124 Å². The molecule has 0 aromatic carbocycles. The molecular weight excluding hydrogens is 272 g/mol. The Morgan fingerprint density at radius 1 is 1.50 bits per heavy atom. The number of thiocarbonyl (C=S) groups is 1. The molecule has 0 bridgehead atoms. The number of nitrogens with two attached hydrogens (primary N) is 1. The van der Waals surface area contributed by atoms with Gasteiger partial charge in [-0.15, -0.1) is 0 Å². The van der Waals surface area contributed by atoms with Gasteiger partial charge in [-0.1, -0.05) is 12.2 Å². The zero-order valence-electron chi connectivity index (χ0n) is 11.8. The maximum Gasteiger partial charge on any atom is 0.217 e. The molecule has 1 fully saturated rings. The number of amides is 1. The maximum atomic E-state index is 11.1. The van der Waals surface area contributed by atoms with Gasteiger partial charge in [-0.3, -0.25) is 4.79 Å². The monoisotopic (exact) mass is 292 g/mol. The Bertz CT molecular complexity index is 524. The van der Waals surface area contributed by atoms with E-state index in [1.54, 1.807) is 13.1 Å². The Hall–Kier alpha value is -1.69. The van der Waals surface area contributed by atoms with Gasteiger partial charge in [0.2, 0.25) is 5.91 Å². The minimum Gasteiger partial charge on any atom is -0.389 e. The SMILES string of the molecule is CC(=O)NC1CCN(c2nccc(C)c2C(N)=S)CC1. The van der Waals surface area contributed by atoms with Crippen molar-refractivity contribution in [3.8, 4) is 0 Å². The molecule has 0 atom stereocenters. The molecule has 2 heterocycles. The third-order valence-electron chi connectivity index (χ3n) is 3.59. The molecule has 1 amide bonds. The first-order chi connectivity index (χ1) is 9.49. The number of anilines is 1. The Morgan fingerprint density at radius 2 is 2.15 bits per heavy atom.